The van der Waals surface area contributed by atoms with Gasteiger partial charge in [-0.3, -0.25) is 4.68 Å². The van der Waals surface area contributed by atoms with Crippen LogP contribution in [0, 0.1) is 0 Å². The van der Waals surface area contributed by atoms with Gasteiger partial charge >= 0.3 is 0 Å². The van der Waals surface area contributed by atoms with Gasteiger partial charge in [-0.05, 0) is 25.7 Å². The molecule has 0 radical (unpaired) electrons. The van der Waals surface area contributed by atoms with Gasteiger partial charge < -0.3 is 10.1 Å². The highest BCUT2D eigenvalue weighted by molar-refractivity contribution is 5.39. The smallest absolute Gasteiger partial charge is 0.0771 e. The molecule has 4 heteroatoms. The molecule has 1 N–H and O–H groups in total. The second kappa shape index (κ2) is 5.74. The van der Waals surface area contributed by atoms with Gasteiger partial charge in [0.1, 0.15) is 0 Å². The fourth-order valence-electron chi connectivity index (χ4n) is 3.02. The van der Waals surface area contributed by atoms with Crippen LogP contribution in [-0.2, 0) is 11.3 Å². The average Bonchev–Trinajstić information content (AvgIpc) is 3.03. The first-order valence-corrected chi connectivity index (χ1v) is 7.31. The summed E-state index contributed by atoms with van der Waals surface area (Å²) in [7, 11) is 0. The first-order chi connectivity index (χ1) is 8.90. The molecule has 1 aliphatic heterocycles. The van der Waals surface area contributed by atoms with E-state index in [2.05, 4.69) is 16.6 Å². The summed E-state index contributed by atoms with van der Waals surface area (Å²) < 4.78 is 7.65. The van der Waals surface area contributed by atoms with Crippen LogP contribution < -0.4 is 5.32 Å². The van der Waals surface area contributed by atoms with Crippen molar-refractivity contribution < 1.29 is 4.74 Å². The number of nitrogens with zero attached hydrogens (tertiary/aromatic N) is 2. The minimum absolute atomic E-state index is 0.368. The molecular weight excluding hydrogens is 226 g/mol. The van der Waals surface area contributed by atoms with Crippen LogP contribution in [0.4, 0.5) is 5.69 Å². The lowest BCUT2D eigenvalue weighted by molar-refractivity contribution is 0.0940. The van der Waals surface area contributed by atoms with Gasteiger partial charge in [0.2, 0.25) is 0 Å². The summed E-state index contributed by atoms with van der Waals surface area (Å²) in [5.41, 5.74) is 1.17. The summed E-state index contributed by atoms with van der Waals surface area (Å²) in [4.78, 5) is 0. The molecule has 1 aromatic heterocycles. The largest absolute Gasteiger partial charge is 0.380 e. The number of aromatic nitrogens is 2. The van der Waals surface area contributed by atoms with E-state index in [4.69, 9.17) is 4.74 Å². The summed E-state index contributed by atoms with van der Waals surface area (Å²) >= 11 is 0. The number of ether oxygens (including phenoxy) is 1. The Labute approximate surface area is 109 Å². The molecule has 18 heavy (non-hydrogen) atoms. The number of hydrogen-bond donors (Lipinski definition) is 1. The molecule has 2 fully saturated rings. The van der Waals surface area contributed by atoms with Crippen LogP contribution in [0.25, 0.3) is 0 Å². The Balaban J connectivity index is 1.52. The second-order valence-electron chi connectivity index (χ2n) is 5.57. The van der Waals surface area contributed by atoms with E-state index in [1.54, 1.807) is 0 Å². The van der Waals surface area contributed by atoms with Crippen molar-refractivity contribution in [1.29, 1.82) is 0 Å². The Bertz CT molecular complexity index is 365. The Morgan fingerprint density at radius 2 is 2.11 bits per heavy atom. The van der Waals surface area contributed by atoms with Crippen molar-refractivity contribution in [3.8, 4) is 0 Å². The van der Waals surface area contributed by atoms with Crippen LogP contribution in [0.1, 0.15) is 44.9 Å². The van der Waals surface area contributed by atoms with Crippen molar-refractivity contribution in [1.82, 2.24) is 9.78 Å². The minimum Gasteiger partial charge on any atom is -0.380 e. The Hall–Kier alpha value is -1.03. The van der Waals surface area contributed by atoms with Crippen molar-refractivity contribution in [2.75, 3.05) is 11.9 Å². The molecule has 4 nitrogen and oxygen atoms in total. The minimum atomic E-state index is 0.368. The first-order valence-electron chi connectivity index (χ1n) is 7.31. The van der Waals surface area contributed by atoms with E-state index in [1.807, 2.05) is 10.9 Å². The number of rotatable bonds is 4. The number of anilines is 1. The van der Waals surface area contributed by atoms with Crippen molar-refractivity contribution in [3.63, 3.8) is 0 Å². The van der Waals surface area contributed by atoms with Gasteiger partial charge in [-0.2, -0.15) is 5.10 Å². The zero-order valence-corrected chi connectivity index (χ0v) is 11.0. The van der Waals surface area contributed by atoms with Crippen molar-refractivity contribution in [2.24, 2.45) is 0 Å². The summed E-state index contributed by atoms with van der Waals surface area (Å²) in [6, 6.07) is 0.652. The van der Waals surface area contributed by atoms with Crippen LogP contribution in [0.3, 0.4) is 0 Å². The topological polar surface area (TPSA) is 39.1 Å². The van der Waals surface area contributed by atoms with Crippen LogP contribution >= 0.6 is 0 Å². The lowest BCUT2D eigenvalue weighted by Crippen LogP contribution is -2.21. The normalized spacial score (nSPS) is 25.4. The Morgan fingerprint density at radius 1 is 1.22 bits per heavy atom. The van der Waals surface area contributed by atoms with Gasteiger partial charge in [-0.1, -0.05) is 19.3 Å². The third-order valence-electron chi connectivity index (χ3n) is 4.02. The molecule has 1 saturated heterocycles. The van der Waals surface area contributed by atoms with Crippen molar-refractivity contribution in [3.05, 3.63) is 12.4 Å². The van der Waals surface area contributed by atoms with Gasteiger partial charge in [0.15, 0.2) is 0 Å². The standard InChI is InChI=1S/C14H23N3O/c1-2-5-12(6-3-1)16-13-9-15-17(10-13)11-14-7-4-8-18-14/h9-10,12,14,16H,1-8,11H2. The fourth-order valence-corrected chi connectivity index (χ4v) is 3.02. The molecule has 1 aromatic rings. The lowest BCUT2D eigenvalue weighted by atomic mass is 9.95. The molecule has 0 spiro atoms. The lowest BCUT2D eigenvalue weighted by Gasteiger charge is -2.22. The molecule has 0 amide bonds. The maximum Gasteiger partial charge on any atom is 0.0771 e. The Morgan fingerprint density at radius 3 is 2.89 bits per heavy atom. The van der Waals surface area contributed by atoms with E-state index in [0.717, 1.165) is 13.2 Å². The molecule has 0 aromatic carbocycles. The van der Waals surface area contributed by atoms with Crippen molar-refractivity contribution in [2.45, 2.75) is 63.6 Å². The molecule has 3 rings (SSSR count). The molecule has 0 bridgehead atoms. The molecule has 2 aliphatic rings. The Kier molecular flexibility index (Phi) is 3.84. The maximum atomic E-state index is 5.63. The third kappa shape index (κ3) is 3.05. The molecule has 2 heterocycles. The third-order valence-corrected chi connectivity index (χ3v) is 4.02. The van der Waals surface area contributed by atoms with Gasteiger partial charge in [0.25, 0.3) is 0 Å². The monoisotopic (exact) mass is 249 g/mol. The summed E-state index contributed by atoms with van der Waals surface area (Å²) in [5, 5.41) is 8.02. The molecule has 1 saturated carbocycles. The van der Waals surface area contributed by atoms with Gasteiger partial charge in [-0.25, -0.2) is 0 Å². The fraction of sp³-hybridized carbons (Fsp3) is 0.786. The summed E-state index contributed by atoms with van der Waals surface area (Å²) in [6.07, 6.45) is 13.5. The highest BCUT2D eigenvalue weighted by atomic mass is 16.5. The van der Waals surface area contributed by atoms with E-state index in [1.165, 1.54) is 50.6 Å². The maximum absolute atomic E-state index is 5.63. The van der Waals surface area contributed by atoms with Gasteiger partial charge in [0.05, 0.1) is 24.5 Å². The highest BCUT2D eigenvalue weighted by Gasteiger charge is 2.17. The highest BCUT2D eigenvalue weighted by Crippen LogP contribution is 2.21. The SMILES string of the molecule is c1nn(CC2CCCO2)cc1NC1CCCCC1. The van der Waals surface area contributed by atoms with E-state index >= 15 is 0 Å². The molecule has 1 aliphatic carbocycles. The van der Waals surface area contributed by atoms with Crippen LogP contribution in [0.5, 0.6) is 0 Å². The number of nitrogens with one attached hydrogen (secondary N) is 1. The van der Waals surface area contributed by atoms with Crippen LogP contribution in [-0.4, -0.2) is 28.5 Å². The van der Waals surface area contributed by atoms with Crippen LogP contribution in [0.2, 0.25) is 0 Å². The quantitative estimate of drug-likeness (QED) is 0.892. The molecular formula is C14H23N3O. The van der Waals surface area contributed by atoms with Crippen molar-refractivity contribution >= 4 is 5.69 Å². The number of hydrogen-bond acceptors (Lipinski definition) is 3. The predicted octanol–water partition coefficient (Wildman–Crippen LogP) is 2.81. The van der Waals surface area contributed by atoms with E-state index < -0.39 is 0 Å². The van der Waals surface area contributed by atoms with Crippen LogP contribution in [0.15, 0.2) is 12.4 Å². The van der Waals surface area contributed by atoms with Gasteiger partial charge in [-0.15, -0.1) is 0 Å². The summed E-state index contributed by atoms with van der Waals surface area (Å²) in [6.45, 7) is 1.81. The van der Waals surface area contributed by atoms with E-state index in [9.17, 15) is 0 Å². The molecule has 1 atom stereocenters. The summed E-state index contributed by atoms with van der Waals surface area (Å²) in [5.74, 6) is 0. The zero-order valence-electron chi connectivity index (χ0n) is 11.0. The zero-order chi connectivity index (χ0) is 12.2. The second-order valence-corrected chi connectivity index (χ2v) is 5.57. The molecule has 1 unspecified atom stereocenters. The van der Waals surface area contributed by atoms with E-state index in [-0.39, 0.29) is 0 Å². The first kappa shape index (κ1) is 12.0. The average molecular weight is 249 g/mol. The predicted molar refractivity (Wildman–Crippen MR) is 71.7 cm³/mol. The van der Waals surface area contributed by atoms with E-state index in [0.29, 0.717) is 12.1 Å². The van der Waals surface area contributed by atoms with Gasteiger partial charge in [0, 0.05) is 18.8 Å². The molecule has 100 valence electrons.